The Morgan fingerprint density at radius 3 is 2.48 bits per heavy atom. The molecule has 0 radical (unpaired) electrons. The van der Waals surface area contributed by atoms with Gasteiger partial charge in [0.25, 0.3) is 0 Å². The van der Waals surface area contributed by atoms with E-state index in [0.29, 0.717) is 23.9 Å². The van der Waals surface area contributed by atoms with Crippen LogP contribution < -0.4 is 9.47 Å². The number of carbonyl (C=O) groups is 1. The van der Waals surface area contributed by atoms with Crippen molar-refractivity contribution in [3.8, 4) is 11.5 Å². The van der Waals surface area contributed by atoms with Crippen molar-refractivity contribution in [2.75, 3.05) is 25.6 Å². The van der Waals surface area contributed by atoms with E-state index in [2.05, 4.69) is 6.58 Å². The van der Waals surface area contributed by atoms with Crippen LogP contribution in [0.4, 0.5) is 13.2 Å². The normalized spacial score (nSPS) is 12.3. The minimum Gasteiger partial charge on any atom is -0.491 e. The molecule has 1 atom stereocenters. The van der Waals surface area contributed by atoms with Gasteiger partial charge in [-0.15, -0.1) is 18.3 Å². The maximum atomic E-state index is 12.7. The summed E-state index contributed by atoms with van der Waals surface area (Å²) in [6, 6.07) is 9.90. The van der Waals surface area contributed by atoms with Crippen molar-refractivity contribution in [1.82, 2.24) is 0 Å². The summed E-state index contributed by atoms with van der Waals surface area (Å²) in [6.45, 7) is 5.49. The Kier molecular flexibility index (Phi) is 9.26. The third-order valence-electron chi connectivity index (χ3n) is 4.00. The molecule has 1 N–H and O–H groups in total. The first-order valence-electron chi connectivity index (χ1n) is 9.29. The van der Waals surface area contributed by atoms with Crippen molar-refractivity contribution < 1.29 is 37.3 Å². The summed E-state index contributed by atoms with van der Waals surface area (Å²) in [7, 11) is 0. The molecule has 0 heterocycles. The first-order valence-corrected chi connectivity index (χ1v) is 10.3. The molecule has 0 saturated carbocycles. The number of rotatable bonds is 12. The lowest BCUT2D eigenvalue weighted by Gasteiger charge is -2.18. The van der Waals surface area contributed by atoms with E-state index in [1.165, 1.54) is 23.9 Å². The lowest BCUT2D eigenvalue weighted by atomic mass is 10.2. The second-order valence-electron chi connectivity index (χ2n) is 6.50. The standard InChI is InChI=1S/C22H23F3O5S/c1-3-10-28-18(12-29-17-6-4-16(5-7-17)22(23,24)25)14-31-19-8-9-20(15(2)11-19)30-13-21(26)27/h3-9,11,18H,1,10,12-14H2,2H3,(H,26,27)/t18-/m1/s1. The molecule has 2 aromatic rings. The van der Waals surface area contributed by atoms with Gasteiger partial charge in [-0.25, -0.2) is 4.79 Å². The average molecular weight is 456 g/mol. The van der Waals surface area contributed by atoms with Crippen molar-refractivity contribution in [2.24, 2.45) is 0 Å². The van der Waals surface area contributed by atoms with Crippen LogP contribution in [0.25, 0.3) is 0 Å². The molecule has 0 saturated heterocycles. The largest absolute Gasteiger partial charge is 0.491 e. The van der Waals surface area contributed by atoms with Crippen LogP contribution in [-0.2, 0) is 15.7 Å². The average Bonchev–Trinajstić information content (AvgIpc) is 2.72. The van der Waals surface area contributed by atoms with E-state index in [1.54, 1.807) is 12.1 Å². The van der Waals surface area contributed by atoms with Gasteiger partial charge in [0.1, 0.15) is 24.2 Å². The van der Waals surface area contributed by atoms with Gasteiger partial charge in [0, 0.05) is 10.6 Å². The van der Waals surface area contributed by atoms with E-state index >= 15 is 0 Å². The molecule has 0 bridgehead atoms. The molecule has 0 aliphatic rings. The Labute approximate surface area is 182 Å². The number of ether oxygens (including phenoxy) is 3. The van der Waals surface area contributed by atoms with Gasteiger partial charge in [0.05, 0.1) is 12.2 Å². The molecule has 0 unspecified atom stereocenters. The van der Waals surface area contributed by atoms with Crippen molar-refractivity contribution in [3.63, 3.8) is 0 Å². The molecule has 0 aliphatic heterocycles. The minimum atomic E-state index is -4.39. The predicted octanol–water partition coefficient (Wildman–Crippen LogP) is 5.22. The highest BCUT2D eigenvalue weighted by Gasteiger charge is 2.30. The molecule has 0 spiro atoms. The highest BCUT2D eigenvalue weighted by atomic mass is 32.2. The fraction of sp³-hybridized carbons (Fsp3) is 0.318. The van der Waals surface area contributed by atoms with E-state index in [-0.39, 0.29) is 12.7 Å². The molecular formula is C22H23F3O5S. The zero-order valence-corrected chi connectivity index (χ0v) is 17.7. The Hall–Kier alpha value is -2.65. The number of aryl methyl sites for hydroxylation is 1. The van der Waals surface area contributed by atoms with Gasteiger partial charge in [-0.3, -0.25) is 0 Å². The third kappa shape index (κ3) is 8.55. The maximum absolute atomic E-state index is 12.7. The summed E-state index contributed by atoms with van der Waals surface area (Å²) >= 11 is 1.51. The smallest absolute Gasteiger partial charge is 0.416 e. The molecule has 0 fully saturated rings. The summed E-state index contributed by atoms with van der Waals surface area (Å²) in [5.41, 5.74) is 0.0665. The van der Waals surface area contributed by atoms with Crippen LogP contribution in [0.2, 0.25) is 0 Å². The van der Waals surface area contributed by atoms with Crippen molar-refractivity contribution in [1.29, 1.82) is 0 Å². The second-order valence-corrected chi connectivity index (χ2v) is 7.59. The Morgan fingerprint density at radius 2 is 1.90 bits per heavy atom. The molecular weight excluding hydrogens is 433 g/mol. The molecule has 9 heteroatoms. The van der Waals surface area contributed by atoms with Crippen LogP contribution in [0, 0.1) is 6.92 Å². The van der Waals surface area contributed by atoms with Crippen LogP contribution in [0.1, 0.15) is 11.1 Å². The third-order valence-corrected chi connectivity index (χ3v) is 5.13. The van der Waals surface area contributed by atoms with E-state index in [0.717, 1.165) is 22.6 Å². The fourth-order valence-electron chi connectivity index (χ4n) is 2.48. The molecule has 31 heavy (non-hydrogen) atoms. The summed E-state index contributed by atoms with van der Waals surface area (Å²) in [6.07, 6.45) is -3.11. The summed E-state index contributed by atoms with van der Waals surface area (Å²) in [5.74, 6) is 0.300. The highest BCUT2D eigenvalue weighted by Crippen LogP contribution is 2.30. The van der Waals surface area contributed by atoms with Crippen LogP contribution in [0.3, 0.4) is 0 Å². The SMILES string of the molecule is C=CCO[C@H](COc1ccc(C(F)(F)F)cc1)CSc1ccc(OCC(=O)O)c(C)c1. The van der Waals surface area contributed by atoms with Gasteiger partial charge in [-0.1, -0.05) is 6.08 Å². The molecule has 0 amide bonds. The lowest BCUT2D eigenvalue weighted by molar-refractivity contribution is -0.139. The zero-order chi connectivity index (χ0) is 22.9. The van der Waals surface area contributed by atoms with E-state index < -0.39 is 24.3 Å². The van der Waals surface area contributed by atoms with E-state index in [4.69, 9.17) is 19.3 Å². The van der Waals surface area contributed by atoms with Crippen molar-refractivity contribution in [2.45, 2.75) is 24.1 Å². The van der Waals surface area contributed by atoms with E-state index in [1.807, 2.05) is 19.1 Å². The summed E-state index contributed by atoms with van der Waals surface area (Å²) in [4.78, 5) is 11.6. The number of alkyl halides is 3. The summed E-state index contributed by atoms with van der Waals surface area (Å²) < 4.78 is 54.5. The van der Waals surface area contributed by atoms with Crippen LogP contribution in [0.15, 0.2) is 60.0 Å². The second kappa shape index (κ2) is 11.7. The van der Waals surface area contributed by atoms with Gasteiger partial charge in [0.15, 0.2) is 6.61 Å². The van der Waals surface area contributed by atoms with Crippen molar-refractivity contribution >= 4 is 17.7 Å². The van der Waals surface area contributed by atoms with Crippen LogP contribution in [0.5, 0.6) is 11.5 Å². The van der Waals surface area contributed by atoms with Gasteiger partial charge in [0.2, 0.25) is 0 Å². The molecule has 168 valence electrons. The first kappa shape index (κ1) is 24.6. The van der Waals surface area contributed by atoms with Crippen LogP contribution in [-0.4, -0.2) is 42.8 Å². The van der Waals surface area contributed by atoms with Gasteiger partial charge >= 0.3 is 12.1 Å². The number of hydrogen-bond donors (Lipinski definition) is 1. The number of hydrogen-bond acceptors (Lipinski definition) is 5. The number of carboxylic acid groups (broad SMARTS) is 1. The van der Waals surface area contributed by atoms with Crippen LogP contribution >= 0.6 is 11.8 Å². The summed E-state index contributed by atoms with van der Waals surface area (Å²) in [5, 5.41) is 8.71. The Morgan fingerprint density at radius 1 is 1.19 bits per heavy atom. The lowest BCUT2D eigenvalue weighted by Crippen LogP contribution is -2.24. The van der Waals surface area contributed by atoms with Gasteiger partial charge < -0.3 is 19.3 Å². The molecule has 2 aromatic carbocycles. The number of aliphatic carboxylic acids is 1. The number of thioether (sulfide) groups is 1. The number of halogens is 3. The van der Waals surface area contributed by atoms with Gasteiger partial charge in [-0.2, -0.15) is 13.2 Å². The zero-order valence-electron chi connectivity index (χ0n) is 16.9. The monoisotopic (exact) mass is 456 g/mol. The number of carboxylic acids is 1. The maximum Gasteiger partial charge on any atom is 0.416 e. The molecule has 5 nitrogen and oxygen atoms in total. The fourth-order valence-corrected chi connectivity index (χ4v) is 3.48. The molecule has 0 aliphatic carbocycles. The van der Waals surface area contributed by atoms with Gasteiger partial charge in [-0.05, 0) is 55.0 Å². The minimum absolute atomic E-state index is 0.158. The van der Waals surface area contributed by atoms with E-state index in [9.17, 15) is 18.0 Å². The first-order chi connectivity index (χ1) is 14.7. The topological polar surface area (TPSA) is 65.0 Å². The quantitative estimate of drug-likeness (QED) is 0.349. The highest BCUT2D eigenvalue weighted by molar-refractivity contribution is 7.99. The number of benzene rings is 2. The van der Waals surface area contributed by atoms with Crippen molar-refractivity contribution in [3.05, 3.63) is 66.2 Å². The molecule has 0 aromatic heterocycles. The predicted molar refractivity (Wildman–Crippen MR) is 112 cm³/mol. The Bertz CT molecular complexity index is 868. The molecule has 2 rings (SSSR count). The Balaban J connectivity index is 1.93.